The lowest BCUT2D eigenvalue weighted by molar-refractivity contribution is -0.142. The van der Waals surface area contributed by atoms with E-state index in [1.54, 1.807) is 12.1 Å². The summed E-state index contributed by atoms with van der Waals surface area (Å²) in [6.45, 7) is 2.63. The molecule has 2 aromatic carbocycles. The van der Waals surface area contributed by atoms with Gasteiger partial charge in [0.05, 0.1) is 6.26 Å². The Morgan fingerprint density at radius 1 is 1.15 bits per heavy atom. The van der Waals surface area contributed by atoms with Gasteiger partial charge in [-0.15, -0.1) is 0 Å². The van der Waals surface area contributed by atoms with Crippen molar-refractivity contribution < 1.29 is 27.5 Å². The highest BCUT2D eigenvalue weighted by Crippen LogP contribution is 2.41. The summed E-state index contributed by atoms with van der Waals surface area (Å²) in [5.41, 5.74) is -1.01. The summed E-state index contributed by atoms with van der Waals surface area (Å²) in [6.07, 6.45) is 0.910. The number of ketones is 1. The normalized spacial score (nSPS) is 20.2. The molecule has 0 saturated carbocycles. The summed E-state index contributed by atoms with van der Waals surface area (Å²) in [5, 5.41) is 1.66. The molecule has 136 valence electrons. The SMILES string of the molecule is CC(=O)OC1=C(NS(C)(=O)=O)OC(C)(c2cccc3ccccc23)C1=O. The van der Waals surface area contributed by atoms with Crippen LogP contribution in [0.25, 0.3) is 10.8 Å². The maximum atomic E-state index is 13.0. The summed E-state index contributed by atoms with van der Waals surface area (Å²) in [6, 6.07) is 12.8. The van der Waals surface area contributed by atoms with Gasteiger partial charge < -0.3 is 9.47 Å². The summed E-state index contributed by atoms with van der Waals surface area (Å²) >= 11 is 0. The minimum absolute atomic E-state index is 0.400. The molecule has 3 rings (SSSR count). The molecular formula is C18H17NO6S. The number of Topliss-reactive ketones (excluding diaryl/α,β-unsaturated/α-hetero) is 1. The van der Waals surface area contributed by atoms with Gasteiger partial charge >= 0.3 is 5.97 Å². The Kier molecular flexibility index (Phi) is 4.23. The molecule has 26 heavy (non-hydrogen) atoms. The lowest BCUT2D eigenvalue weighted by atomic mass is 9.87. The minimum atomic E-state index is -3.75. The third-order valence-electron chi connectivity index (χ3n) is 3.98. The van der Waals surface area contributed by atoms with Gasteiger partial charge in [0.2, 0.25) is 21.7 Å². The van der Waals surface area contributed by atoms with E-state index >= 15 is 0 Å². The van der Waals surface area contributed by atoms with Crippen LogP contribution in [0.4, 0.5) is 0 Å². The van der Waals surface area contributed by atoms with Crippen LogP contribution in [0.3, 0.4) is 0 Å². The van der Waals surface area contributed by atoms with Crippen molar-refractivity contribution in [3.05, 3.63) is 59.7 Å². The molecule has 0 fully saturated rings. The Morgan fingerprint density at radius 3 is 2.46 bits per heavy atom. The van der Waals surface area contributed by atoms with Crippen LogP contribution in [0.2, 0.25) is 0 Å². The fourth-order valence-corrected chi connectivity index (χ4v) is 3.38. The third-order valence-corrected chi connectivity index (χ3v) is 4.54. The van der Waals surface area contributed by atoms with Gasteiger partial charge in [0.15, 0.2) is 5.60 Å². The van der Waals surface area contributed by atoms with Crippen molar-refractivity contribution in [2.45, 2.75) is 19.4 Å². The molecule has 1 N–H and O–H groups in total. The van der Waals surface area contributed by atoms with Gasteiger partial charge in [-0.1, -0.05) is 42.5 Å². The minimum Gasteiger partial charge on any atom is -0.456 e. The Hall–Kier alpha value is -2.87. The standard InChI is InChI=1S/C18H17NO6S/c1-11(20)24-15-16(21)18(2,25-17(15)19-26(3,22)23)14-10-6-8-12-7-4-5-9-13(12)14/h4-10,19H,1-3H3. The predicted octanol–water partition coefficient (Wildman–Crippen LogP) is 1.94. The molecule has 0 aromatic heterocycles. The monoisotopic (exact) mass is 375 g/mol. The summed E-state index contributed by atoms with van der Waals surface area (Å²) < 4.78 is 36.0. The first-order valence-electron chi connectivity index (χ1n) is 7.74. The second kappa shape index (κ2) is 6.14. The van der Waals surface area contributed by atoms with Crippen LogP contribution in [0.15, 0.2) is 54.1 Å². The van der Waals surface area contributed by atoms with E-state index in [0.29, 0.717) is 5.56 Å². The molecule has 7 nitrogen and oxygen atoms in total. The Bertz CT molecular complexity index is 1050. The first-order chi connectivity index (χ1) is 12.1. The van der Waals surface area contributed by atoms with Gasteiger partial charge in [-0.2, -0.15) is 0 Å². The third kappa shape index (κ3) is 3.15. The molecule has 0 spiro atoms. The number of benzene rings is 2. The zero-order valence-corrected chi connectivity index (χ0v) is 15.2. The van der Waals surface area contributed by atoms with Crippen LogP contribution in [0, 0.1) is 0 Å². The topological polar surface area (TPSA) is 98.8 Å². The van der Waals surface area contributed by atoms with Crippen molar-refractivity contribution in [2.75, 3.05) is 6.26 Å². The van der Waals surface area contributed by atoms with Crippen LogP contribution in [-0.2, 0) is 34.7 Å². The molecule has 0 aliphatic carbocycles. The fourth-order valence-electron chi connectivity index (χ4n) is 2.91. The number of rotatable bonds is 4. The molecule has 1 aliphatic rings. The number of fused-ring (bicyclic) bond motifs is 1. The first kappa shape index (κ1) is 17.9. The number of carbonyl (C=O) groups excluding carboxylic acids is 2. The van der Waals surface area contributed by atoms with Gasteiger partial charge in [-0.05, 0) is 17.7 Å². The Labute approximate surface area is 150 Å². The zero-order valence-electron chi connectivity index (χ0n) is 14.4. The Morgan fingerprint density at radius 2 is 1.81 bits per heavy atom. The van der Waals surface area contributed by atoms with Crippen molar-refractivity contribution >= 4 is 32.5 Å². The quantitative estimate of drug-likeness (QED) is 0.820. The molecule has 1 atom stereocenters. The van der Waals surface area contributed by atoms with Crippen molar-refractivity contribution in [1.82, 2.24) is 4.72 Å². The molecule has 0 saturated heterocycles. The lowest BCUT2D eigenvalue weighted by Crippen LogP contribution is -2.32. The van der Waals surface area contributed by atoms with Gasteiger partial charge in [0, 0.05) is 12.5 Å². The maximum Gasteiger partial charge on any atom is 0.308 e. The van der Waals surface area contributed by atoms with Crippen molar-refractivity contribution in [3.63, 3.8) is 0 Å². The number of carbonyl (C=O) groups is 2. The van der Waals surface area contributed by atoms with Crippen LogP contribution >= 0.6 is 0 Å². The van der Waals surface area contributed by atoms with Gasteiger partial charge in [0.1, 0.15) is 0 Å². The zero-order chi connectivity index (χ0) is 19.1. The van der Waals surface area contributed by atoms with Crippen LogP contribution in [0.5, 0.6) is 0 Å². The molecule has 1 unspecified atom stereocenters. The maximum absolute atomic E-state index is 13.0. The van der Waals surface area contributed by atoms with E-state index in [0.717, 1.165) is 24.0 Å². The van der Waals surface area contributed by atoms with E-state index in [1.807, 2.05) is 30.3 Å². The molecule has 2 aromatic rings. The second-order valence-electron chi connectivity index (χ2n) is 6.12. The fraction of sp³-hybridized carbons (Fsp3) is 0.222. The lowest BCUT2D eigenvalue weighted by Gasteiger charge is -2.25. The number of nitrogens with one attached hydrogen (secondary N) is 1. The van der Waals surface area contributed by atoms with Crippen LogP contribution in [0.1, 0.15) is 19.4 Å². The smallest absolute Gasteiger partial charge is 0.308 e. The van der Waals surface area contributed by atoms with Crippen LogP contribution < -0.4 is 4.72 Å². The molecule has 1 aliphatic heterocycles. The van der Waals surface area contributed by atoms with Gasteiger partial charge in [-0.25, -0.2) is 8.42 Å². The molecule has 0 radical (unpaired) electrons. The molecule has 0 amide bonds. The highest BCUT2D eigenvalue weighted by molar-refractivity contribution is 7.88. The highest BCUT2D eigenvalue weighted by Gasteiger charge is 2.50. The number of hydrogen-bond acceptors (Lipinski definition) is 6. The van der Waals surface area contributed by atoms with E-state index < -0.39 is 39.0 Å². The number of esters is 1. The molecule has 0 bridgehead atoms. The van der Waals surface area contributed by atoms with E-state index in [9.17, 15) is 18.0 Å². The number of ether oxygens (including phenoxy) is 2. The second-order valence-corrected chi connectivity index (χ2v) is 7.87. The van der Waals surface area contributed by atoms with E-state index in [2.05, 4.69) is 4.72 Å². The highest BCUT2D eigenvalue weighted by atomic mass is 32.2. The van der Waals surface area contributed by atoms with Gasteiger partial charge in [-0.3, -0.25) is 14.3 Å². The average Bonchev–Trinajstić information content (AvgIpc) is 2.77. The molecular weight excluding hydrogens is 358 g/mol. The summed E-state index contributed by atoms with van der Waals surface area (Å²) in [7, 11) is -3.75. The molecule has 1 heterocycles. The Balaban J connectivity index is 2.14. The summed E-state index contributed by atoms with van der Waals surface area (Å²) in [5.74, 6) is -2.26. The number of hydrogen-bond donors (Lipinski definition) is 1. The largest absolute Gasteiger partial charge is 0.456 e. The number of sulfonamides is 1. The van der Waals surface area contributed by atoms with Crippen molar-refractivity contribution in [1.29, 1.82) is 0 Å². The van der Waals surface area contributed by atoms with E-state index in [1.165, 1.54) is 6.92 Å². The summed E-state index contributed by atoms with van der Waals surface area (Å²) in [4.78, 5) is 24.4. The van der Waals surface area contributed by atoms with Crippen molar-refractivity contribution in [3.8, 4) is 0 Å². The first-order valence-corrected chi connectivity index (χ1v) is 9.63. The van der Waals surface area contributed by atoms with Crippen molar-refractivity contribution in [2.24, 2.45) is 0 Å². The average molecular weight is 375 g/mol. The van der Waals surface area contributed by atoms with E-state index in [4.69, 9.17) is 9.47 Å². The molecule has 8 heteroatoms. The predicted molar refractivity (Wildman–Crippen MR) is 94.2 cm³/mol. The van der Waals surface area contributed by atoms with Crippen LogP contribution in [-0.4, -0.2) is 26.4 Å². The van der Waals surface area contributed by atoms with E-state index in [-0.39, 0.29) is 0 Å². The van der Waals surface area contributed by atoms with Gasteiger partial charge in [0.25, 0.3) is 5.78 Å².